The van der Waals surface area contributed by atoms with Gasteiger partial charge in [-0.25, -0.2) is 9.78 Å². The van der Waals surface area contributed by atoms with Gasteiger partial charge in [-0.1, -0.05) is 13.8 Å². The van der Waals surface area contributed by atoms with Crippen LogP contribution in [-0.4, -0.2) is 38.7 Å². The lowest BCUT2D eigenvalue weighted by molar-refractivity contribution is -0.385. The normalized spacial score (nSPS) is 12.2. The molecule has 3 N–H and O–H groups in total. The monoisotopic (exact) mass is 269 g/mol. The summed E-state index contributed by atoms with van der Waals surface area (Å²) in [5.41, 5.74) is -0.693. The van der Waals surface area contributed by atoms with Gasteiger partial charge in [-0.05, 0) is 5.92 Å². The van der Waals surface area contributed by atoms with Gasteiger partial charge in [-0.3, -0.25) is 10.1 Å². The van der Waals surface area contributed by atoms with Gasteiger partial charge < -0.3 is 15.5 Å². The second kappa shape index (κ2) is 6.10. The number of nitro groups is 1. The van der Waals surface area contributed by atoms with Gasteiger partial charge >= 0.3 is 5.97 Å². The predicted molar refractivity (Wildman–Crippen MR) is 67.2 cm³/mol. The largest absolute Gasteiger partial charge is 0.478 e. The second-order valence-electron chi connectivity index (χ2n) is 4.33. The van der Waals surface area contributed by atoms with Crippen molar-refractivity contribution in [3.63, 3.8) is 0 Å². The molecule has 0 saturated heterocycles. The first-order chi connectivity index (χ1) is 8.86. The van der Waals surface area contributed by atoms with Crippen LogP contribution in [0.5, 0.6) is 0 Å². The number of aromatic nitrogens is 1. The maximum Gasteiger partial charge on any atom is 0.339 e. The molecule has 104 valence electrons. The fraction of sp³-hybridized carbons (Fsp3) is 0.455. The van der Waals surface area contributed by atoms with Gasteiger partial charge in [0.1, 0.15) is 17.6 Å². The van der Waals surface area contributed by atoms with Crippen LogP contribution in [0.3, 0.4) is 0 Å². The Morgan fingerprint density at radius 3 is 2.63 bits per heavy atom. The number of nitrogens with one attached hydrogen (secondary N) is 1. The number of aromatic carboxylic acids is 1. The van der Waals surface area contributed by atoms with Crippen LogP contribution >= 0.6 is 0 Å². The Morgan fingerprint density at radius 1 is 1.58 bits per heavy atom. The number of aliphatic hydroxyl groups excluding tert-OH is 1. The molecular formula is C11H15N3O5. The zero-order chi connectivity index (χ0) is 14.6. The molecule has 0 aliphatic rings. The Morgan fingerprint density at radius 2 is 2.21 bits per heavy atom. The molecular weight excluding hydrogens is 254 g/mol. The number of aliphatic hydroxyl groups is 1. The highest BCUT2D eigenvalue weighted by Crippen LogP contribution is 2.21. The summed E-state index contributed by atoms with van der Waals surface area (Å²) >= 11 is 0. The van der Waals surface area contributed by atoms with E-state index in [2.05, 4.69) is 10.3 Å². The third kappa shape index (κ3) is 3.62. The van der Waals surface area contributed by atoms with Gasteiger partial charge in [-0.15, -0.1) is 0 Å². The summed E-state index contributed by atoms with van der Waals surface area (Å²) < 4.78 is 0. The molecule has 1 rings (SSSR count). The van der Waals surface area contributed by atoms with Crippen molar-refractivity contribution in [3.8, 4) is 0 Å². The molecule has 0 fully saturated rings. The molecule has 0 aliphatic carbocycles. The molecule has 1 aromatic heterocycles. The first kappa shape index (κ1) is 14.8. The number of hydrogen-bond donors (Lipinski definition) is 3. The number of carboxylic acid groups (broad SMARTS) is 1. The number of hydrogen-bond acceptors (Lipinski definition) is 6. The van der Waals surface area contributed by atoms with E-state index in [-0.39, 0.29) is 29.9 Å². The smallest absolute Gasteiger partial charge is 0.339 e. The average Bonchev–Trinajstić information content (AvgIpc) is 2.35. The van der Waals surface area contributed by atoms with E-state index in [0.29, 0.717) is 0 Å². The van der Waals surface area contributed by atoms with E-state index in [1.54, 1.807) is 0 Å². The van der Waals surface area contributed by atoms with E-state index in [1.165, 1.54) is 0 Å². The van der Waals surface area contributed by atoms with Crippen LogP contribution in [0.2, 0.25) is 0 Å². The molecule has 8 nitrogen and oxygen atoms in total. The first-order valence-corrected chi connectivity index (χ1v) is 5.62. The van der Waals surface area contributed by atoms with Gasteiger partial charge in [0.25, 0.3) is 5.69 Å². The number of pyridine rings is 1. The molecule has 1 unspecified atom stereocenters. The van der Waals surface area contributed by atoms with Gasteiger partial charge in [0.05, 0.1) is 17.6 Å². The van der Waals surface area contributed by atoms with E-state index in [4.69, 9.17) is 5.11 Å². The first-order valence-electron chi connectivity index (χ1n) is 5.62. The number of anilines is 1. The highest BCUT2D eigenvalue weighted by atomic mass is 16.6. The van der Waals surface area contributed by atoms with Crippen molar-refractivity contribution >= 4 is 17.5 Å². The summed E-state index contributed by atoms with van der Waals surface area (Å²) in [6, 6.07) is 0.555. The molecule has 0 radical (unpaired) electrons. The Bertz CT molecular complexity index is 489. The number of nitrogens with zero attached hydrogens (tertiary/aromatic N) is 2. The van der Waals surface area contributed by atoms with Crippen LogP contribution in [0.4, 0.5) is 11.5 Å². The number of carboxylic acids is 1. The molecule has 0 amide bonds. The Balaban J connectivity index is 3.13. The van der Waals surface area contributed by atoms with Crippen molar-refractivity contribution in [1.29, 1.82) is 0 Å². The minimum absolute atomic E-state index is 0.00542. The molecule has 0 aromatic carbocycles. The van der Waals surface area contributed by atoms with Crippen LogP contribution in [0.15, 0.2) is 12.3 Å². The topological polar surface area (TPSA) is 126 Å². The SMILES string of the molecule is CC(C)C(CO)Nc1ncc([N+](=O)[O-])cc1C(=O)O. The molecule has 8 heteroatoms. The maximum absolute atomic E-state index is 11.1. The van der Waals surface area contributed by atoms with Crippen molar-refractivity contribution in [2.45, 2.75) is 19.9 Å². The summed E-state index contributed by atoms with van der Waals surface area (Å²) in [6.07, 6.45) is 0.976. The highest BCUT2D eigenvalue weighted by Gasteiger charge is 2.20. The van der Waals surface area contributed by atoms with Crippen molar-refractivity contribution < 1.29 is 19.9 Å². The second-order valence-corrected chi connectivity index (χ2v) is 4.33. The van der Waals surface area contributed by atoms with E-state index >= 15 is 0 Å². The van der Waals surface area contributed by atoms with Gasteiger partial charge in [-0.2, -0.15) is 0 Å². The fourth-order valence-electron chi connectivity index (χ4n) is 1.43. The summed E-state index contributed by atoms with van der Waals surface area (Å²) in [6.45, 7) is 3.49. The minimum atomic E-state index is -1.32. The van der Waals surface area contributed by atoms with E-state index in [0.717, 1.165) is 12.3 Å². The van der Waals surface area contributed by atoms with Gasteiger partial charge in [0.2, 0.25) is 0 Å². The van der Waals surface area contributed by atoms with Crippen molar-refractivity contribution in [3.05, 3.63) is 27.9 Å². The van der Waals surface area contributed by atoms with Gasteiger partial charge in [0.15, 0.2) is 0 Å². The summed E-state index contributed by atoms with van der Waals surface area (Å²) in [4.78, 5) is 24.7. The van der Waals surface area contributed by atoms with Crippen LogP contribution < -0.4 is 5.32 Å². The maximum atomic E-state index is 11.1. The Hall–Kier alpha value is -2.22. The average molecular weight is 269 g/mol. The van der Waals surface area contributed by atoms with Crippen LogP contribution in [-0.2, 0) is 0 Å². The van der Waals surface area contributed by atoms with Crippen LogP contribution in [0, 0.1) is 16.0 Å². The lowest BCUT2D eigenvalue weighted by atomic mass is 10.1. The zero-order valence-electron chi connectivity index (χ0n) is 10.5. The Kier molecular flexibility index (Phi) is 4.76. The highest BCUT2D eigenvalue weighted by molar-refractivity contribution is 5.93. The molecule has 1 heterocycles. The van der Waals surface area contributed by atoms with Crippen molar-refractivity contribution in [2.24, 2.45) is 5.92 Å². The van der Waals surface area contributed by atoms with Crippen molar-refractivity contribution in [2.75, 3.05) is 11.9 Å². The lowest BCUT2D eigenvalue weighted by Gasteiger charge is -2.21. The predicted octanol–water partition coefficient (Wildman–Crippen LogP) is 1.12. The third-order valence-corrected chi connectivity index (χ3v) is 2.64. The Labute approximate surface area is 109 Å². The minimum Gasteiger partial charge on any atom is -0.478 e. The van der Waals surface area contributed by atoms with E-state index < -0.39 is 16.6 Å². The lowest BCUT2D eigenvalue weighted by Crippen LogP contribution is -2.30. The van der Waals surface area contributed by atoms with Gasteiger partial charge in [0, 0.05) is 6.07 Å². The zero-order valence-corrected chi connectivity index (χ0v) is 10.5. The molecule has 1 aromatic rings. The summed E-state index contributed by atoms with van der Waals surface area (Å²) in [5, 5.41) is 31.6. The molecule has 0 aliphatic heterocycles. The standard InChI is InChI=1S/C11H15N3O5/c1-6(2)9(5-15)13-10-8(11(16)17)3-7(4-12-10)14(18)19/h3-4,6,9,15H,5H2,1-2H3,(H,12,13)(H,16,17). The number of carbonyl (C=O) groups is 1. The fourth-order valence-corrected chi connectivity index (χ4v) is 1.43. The van der Waals surface area contributed by atoms with Crippen LogP contribution in [0.25, 0.3) is 0 Å². The molecule has 19 heavy (non-hydrogen) atoms. The summed E-state index contributed by atoms with van der Waals surface area (Å²) in [5.74, 6) is -1.27. The van der Waals surface area contributed by atoms with Crippen molar-refractivity contribution in [1.82, 2.24) is 4.98 Å². The third-order valence-electron chi connectivity index (χ3n) is 2.64. The molecule has 0 bridgehead atoms. The van der Waals surface area contributed by atoms with E-state index in [9.17, 15) is 20.0 Å². The molecule has 1 atom stereocenters. The van der Waals surface area contributed by atoms with E-state index in [1.807, 2.05) is 13.8 Å². The number of rotatable bonds is 6. The van der Waals surface area contributed by atoms with Crippen LogP contribution in [0.1, 0.15) is 24.2 Å². The quantitative estimate of drug-likeness (QED) is 0.521. The molecule has 0 saturated carbocycles. The summed E-state index contributed by atoms with van der Waals surface area (Å²) in [7, 11) is 0. The molecule has 0 spiro atoms.